The third-order valence-corrected chi connectivity index (χ3v) is 4.72. The third-order valence-electron chi connectivity index (χ3n) is 4.72. The van der Waals surface area contributed by atoms with Crippen LogP contribution in [0.3, 0.4) is 0 Å². The van der Waals surface area contributed by atoms with Crippen molar-refractivity contribution in [2.24, 2.45) is 5.92 Å². The smallest absolute Gasteiger partial charge is 0.160 e. The zero-order valence-electron chi connectivity index (χ0n) is 12.4. The average Bonchev–Trinajstić information content (AvgIpc) is 2.98. The summed E-state index contributed by atoms with van der Waals surface area (Å²) in [6, 6.07) is 10.5. The molecule has 3 aliphatic rings. The number of piperidine rings is 3. The monoisotopic (exact) mass is 280 g/mol. The Morgan fingerprint density at radius 1 is 1.19 bits per heavy atom. The molecule has 0 unspecified atom stereocenters. The highest BCUT2D eigenvalue weighted by Gasteiger charge is 2.29. The van der Waals surface area contributed by atoms with Crippen molar-refractivity contribution in [3.05, 3.63) is 47.2 Å². The number of aromatic nitrogens is 1. The fraction of sp³-hybridized carbons (Fsp3) is 0.389. The maximum absolute atomic E-state index is 5.51. The summed E-state index contributed by atoms with van der Waals surface area (Å²) in [4.78, 5) is 2.53. The standard InChI is InChI=1S/C18H20N2O/c1-13-2-4-15(5-3-13)18-11-17(21-19-18)10-16-12-20-8-6-14(16)7-9-20/h2-5,10-11,14H,6-9,12H2,1H3. The summed E-state index contributed by atoms with van der Waals surface area (Å²) < 4.78 is 5.51. The summed E-state index contributed by atoms with van der Waals surface area (Å²) in [5.74, 6) is 1.64. The van der Waals surface area contributed by atoms with Gasteiger partial charge in [0.1, 0.15) is 5.69 Å². The van der Waals surface area contributed by atoms with Gasteiger partial charge in [-0.15, -0.1) is 0 Å². The van der Waals surface area contributed by atoms with Crippen LogP contribution < -0.4 is 0 Å². The highest BCUT2D eigenvalue weighted by Crippen LogP contribution is 2.33. The van der Waals surface area contributed by atoms with Crippen LogP contribution in [0.5, 0.6) is 0 Å². The first-order chi connectivity index (χ1) is 10.3. The first-order valence-corrected chi connectivity index (χ1v) is 7.74. The van der Waals surface area contributed by atoms with Crippen molar-refractivity contribution in [1.29, 1.82) is 0 Å². The minimum atomic E-state index is 0.753. The molecule has 5 rings (SSSR count). The van der Waals surface area contributed by atoms with E-state index < -0.39 is 0 Å². The summed E-state index contributed by atoms with van der Waals surface area (Å²) in [5, 5.41) is 4.21. The molecule has 0 radical (unpaired) electrons. The van der Waals surface area contributed by atoms with Crippen molar-refractivity contribution in [2.75, 3.05) is 19.6 Å². The van der Waals surface area contributed by atoms with Crippen molar-refractivity contribution < 1.29 is 4.52 Å². The van der Waals surface area contributed by atoms with Crippen LogP contribution in [0.1, 0.15) is 24.2 Å². The van der Waals surface area contributed by atoms with Crippen LogP contribution in [-0.4, -0.2) is 29.7 Å². The molecule has 2 aromatic rings. The van der Waals surface area contributed by atoms with Gasteiger partial charge in [0, 0.05) is 18.2 Å². The predicted molar refractivity (Wildman–Crippen MR) is 83.8 cm³/mol. The van der Waals surface area contributed by atoms with E-state index in [0.717, 1.165) is 29.5 Å². The van der Waals surface area contributed by atoms with Crippen molar-refractivity contribution in [3.8, 4) is 11.3 Å². The number of fused-ring (bicyclic) bond motifs is 3. The Labute approximate surface area is 125 Å². The van der Waals surface area contributed by atoms with Gasteiger partial charge in [0.05, 0.1) is 0 Å². The van der Waals surface area contributed by atoms with E-state index in [4.69, 9.17) is 4.52 Å². The van der Waals surface area contributed by atoms with E-state index in [0.29, 0.717) is 0 Å². The summed E-state index contributed by atoms with van der Waals surface area (Å²) in [7, 11) is 0. The predicted octanol–water partition coefficient (Wildman–Crippen LogP) is 3.76. The van der Waals surface area contributed by atoms with Gasteiger partial charge in [0.15, 0.2) is 5.76 Å². The Hall–Kier alpha value is -1.87. The van der Waals surface area contributed by atoms with Crippen LogP contribution in [0, 0.1) is 12.8 Å². The number of nitrogens with zero attached hydrogens (tertiary/aromatic N) is 2. The van der Waals surface area contributed by atoms with E-state index in [9.17, 15) is 0 Å². The Kier molecular flexibility index (Phi) is 3.15. The maximum atomic E-state index is 5.51. The van der Waals surface area contributed by atoms with Crippen LogP contribution in [0.2, 0.25) is 0 Å². The van der Waals surface area contributed by atoms with E-state index in [-0.39, 0.29) is 0 Å². The molecule has 0 amide bonds. The SMILES string of the molecule is Cc1ccc(-c2cc(C=C3CN4CCC3CC4)on2)cc1. The quantitative estimate of drug-likeness (QED) is 0.839. The van der Waals surface area contributed by atoms with Gasteiger partial charge in [-0.1, -0.05) is 35.0 Å². The molecule has 0 atom stereocenters. The second kappa shape index (κ2) is 5.15. The summed E-state index contributed by atoms with van der Waals surface area (Å²) in [6.07, 6.45) is 4.80. The molecule has 21 heavy (non-hydrogen) atoms. The topological polar surface area (TPSA) is 29.3 Å². The molecule has 3 saturated heterocycles. The Bertz CT molecular complexity index is 661. The Morgan fingerprint density at radius 2 is 1.95 bits per heavy atom. The third kappa shape index (κ3) is 2.54. The molecule has 3 fully saturated rings. The largest absolute Gasteiger partial charge is 0.356 e. The molecule has 4 heterocycles. The molecule has 1 aromatic heterocycles. The summed E-state index contributed by atoms with van der Waals surface area (Å²) in [5.41, 5.74) is 4.81. The number of hydrogen-bond donors (Lipinski definition) is 0. The molecule has 0 N–H and O–H groups in total. The van der Waals surface area contributed by atoms with Gasteiger partial charge in [0.25, 0.3) is 0 Å². The molecule has 3 nitrogen and oxygen atoms in total. The van der Waals surface area contributed by atoms with Gasteiger partial charge in [0.2, 0.25) is 0 Å². The number of rotatable bonds is 2. The summed E-state index contributed by atoms with van der Waals surface area (Å²) >= 11 is 0. The molecule has 3 aliphatic heterocycles. The minimum Gasteiger partial charge on any atom is -0.356 e. The fourth-order valence-electron chi connectivity index (χ4n) is 3.41. The van der Waals surface area contributed by atoms with Gasteiger partial charge in [-0.3, -0.25) is 4.90 Å². The number of benzene rings is 1. The van der Waals surface area contributed by atoms with Crippen molar-refractivity contribution >= 4 is 6.08 Å². The number of aryl methyl sites for hydroxylation is 1. The Balaban J connectivity index is 1.58. The fourth-order valence-corrected chi connectivity index (χ4v) is 3.41. The van der Waals surface area contributed by atoms with Gasteiger partial charge in [-0.2, -0.15) is 0 Å². The van der Waals surface area contributed by atoms with E-state index >= 15 is 0 Å². The molecule has 1 aromatic carbocycles. The van der Waals surface area contributed by atoms with Gasteiger partial charge in [-0.25, -0.2) is 0 Å². The molecule has 0 spiro atoms. The van der Waals surface area contributed by atoms with Crippen molar-refractivity contribution in [2.45, 2.75) is 19.8 Å². The molecule has 2 bridgehead atoms. The van der Waals surface area contributed by atoms with Gasteiger partial charge < -0.3 is 4.52 Å². The van der Waals surface area contributed by atoms with Crippen molar-refractivity contribution in [1.82, 2.24) is 10.1 Å². The molecule has 0 aliphatic carbocycles. The molecular weight excluding hydrogens is 260 g/mol. The van der Waals surface area contributed by atoms with Crippen LogP contribution in [0.15, 0.2) is 40.4 Å². The van der Waals surface area contributed by atoms with Crippen LogP contribution in [0.25, 0.3) is 17.3 Å². The molecule has 108 valence electrons. The number of hydrogen-bond acceptors (Lipinski definition) is 3. The highest BCUT2D eigenvalue weighted by atomic mass is 16.5. The molecule has 3 heteroatoms. The first kappa shape index (κ1) is 12.8. The highest BCUT2D eigenvalue weighted by molar-refractivity contribution is 5.62. The Morgan fingerprint density at radius 3 is 2.62 bits per heavy atom. The van der Waals surface area contributed by atoms with Crippen LogP contribution >= 0.6 is 0 Å². The zero-order chi connectivity index (χ0) is 14.2. The second-order valence-electron chi connectivity index (χ2n) is 6.25. The van der Waals surface area contributed by atoms with E-state index in [1.165, 1.54) is 37.1 Å². The van der Waals surface area contributed by atoms with E-state index in [2.05, 4.69) is 53.4 Å². The lowest BCUT2D eigenvalue weighted by Gasteiger charge is -2.40. The maximum Gasteiger partial charge on any atom is 0.160 e. The molecular formula is C18H20N2O. The normalized spacial score (nSPS) is 26.4. The van der Waals surface area contributed by atoms with E-state index in [1.807, 2.05) is 0 Å². The lowest BCUT2D eigenvalue weighted by atomic mass is 9.83. The van der Waals surface area contributed by atoms with Crippen molar-refractivity contribution in [3.63, 3.8) is 0 Å². The van der Waals surface area contributed by atoms with Gasteiger partial charge >= 0.3 is 0 Å². The molecule has 0 saturated carbocycles. The minimum absolute atomic E-state index is 0.753. The summed E-state index contributed by atoms with van der Waals surface area (Å²) in [6.45, 7) is 5.71. The van der Waals surface area contributed by atoms with E-state index in [1.54, 1.807) is 0 Å². The zero-order valence-corrected chi connectivity index (χ0v) is 12.4. The lowest BCUT2D eigenvalue weighted by Crippen LogP contribution is -2.42. The van der Waals surface area contributed by atoms with Gasteiger partial charge in [-0.05, 0) is 50.4 Å². The second-order valence-corrected chi connectivity index (χ2v) is 6.25. The van der Waals surface area contributed by atoms with Crippen LogP contribution in [-0.2, 0) is 0 Å². The first-order valence-electron chi connectivity index (χ1n) is 7.74. The average molecular weight is 280 g/mol. The lowest BCUT2D eigenvalue weighted by molar-refractivity contribution is 0.163. The van der Waals surface area contributed by atoms with Crippen LogP contribution in [0.4, 0.5) is 0 Å².